The van der Waals surface area contributed by atoms with E-state index in [1.165, 1.54) is 0 Å². The van der Waals surface area contributed by atoms with Gasteiger partial charge in [-0.15, -0.1) is 0 Å². The Balaban J connectivity index is 2.11. The van der Waals surface area contributed by atoms with Gasteiger partial charge in [0.15, 0.2) is 11.5 Å². The molecule has 1 aliphatic heterocycles. The van der Waals surface area contributed by atoms with E-state index < -0.39 is 0 Å². The summed E-state index contributed by atoms with van der Waals surface area (Å²) in [5.41, 5.74) is 0.960. The molecule has 1 saturated heterocycles. The lowest BCUT2D eigenvalue weighted by Gasteiger charge is -2.16. The molecule has 5 heteroatoms. The first-order valence-corrected chi connectivity index (χ1v) is 6.40. The quantitative estimate of drug-likeness (QED) is 0.856. The summed E-state index contributed by atoms with van der Waals surface area (Å²) < 4.78 is 21.3. The molecule has 1 unspecified atom stereocenters. The fourth-order valence-electron chi connectivity index (χ4n) is 2.19. The lowest BCUT2D eigenvalue weighted by atomic mass is 10.1. The van der Waals surface area contributed by atoms with Gasteiger partial charge in [-0.2, -0.15) is 0 Å². The molecule has 19 heavy (non-hydrogen) atoms. The molecule has 1 fully saturated rings. The van der Waals surface area contributed by atoms with Gasteiger partial charge in [-0.25, -0.2) is 0 Å². The van der Waals surface area contributed by atoms with Gasteiger partial charge in [0.25, 0.3) is 0 Å². The van der Waals surface area contributed by atoms with Crippen LogP contribution < -0.4 is 19.5 Å². The van der Waals surface area contributed by atoms with Gasteiger partial charge in [0.05, 0.1) is 27.9 Å². The van der Waals surface area contributed by atoms with E-state index in [1.54, 1.807) is 21.3 Å². The molecule has 0 spiro atoms. The predicted molar refractivity (Wildman–Crippen MR) is 73.5 cm³/mol. The number of methoxy groups -OCH3 is 3. The van der Waals surface area contributed by atoms with E-state index in [0.29, 0.717) is 23.2 Å². The van der Waals surface area contributed by atoms with Crippen molar-refractivity contribution in [2.45, 2.75) is 6.42 Å². The molecule has 1 aromatic carbocycles. The molecule has 0 aliphatic carbocycles. The fraction of sp³-hybridized carbons (Fsp3) is 0.571. The van der Waals surface area contributed by atoms with Gasteiger partial charge in [0, 0.05) is 36.9 Å². The smallest absolute Gasteiger partial charge is 0.203 e. The Hall–Kier alpha value is -1.62. The molecule has 0 radical (unpaired) electrons. The summed E-state index contributed by atoms with van der Waals surface area (Å²) in [6, 6.07) is 3.83. The molecule has 1 aromatic rings. The number of hydrogen-bond acceptors (Lipinski definition) is 5. The van der Waals surface area contributed by atoms with Crippen LogP contribution in [0.15, 0.2) is 12.1 Å². The summed E-state index contributed by atoms with van der Waals surface area (Å²) >= 11 is 0. The van der Waals surface area contributed by atoms with Gasteiger partial charge >= 0.3 is 0 Å². The third-order valence-corrected chi connectivity index (χ3v) is 3.28. The van der Waals surface area contributed by atoms with E-state index in [2.05, 4.69) is 5.32 Å². The molecule has 1 aliphatic rings. The Bertz CT molecular complexity index is 391. The molecule has 0 bridgehead atoms. The first-order chi connectivity index (χ1) is 9.28. The number of nitrogens with one attached hydrogen (secondary N) is 1. The second kappa shape index (κ2) is 6.52. The molecule has 0 saturated carbocycles. The highest BCUT2D eigenvalue weighted by molar-refractivity contribution is 5.62. The van der Waals surface area contributed by atoms with E-state index in [9.17, 15) is 0 Å². The van der Waals surface area contributed by atoms with Gasteiger partial charge in [-0.05, 0) is 6.42 Å². The zero-order valence-corrected chi connectivity index (χ0v) is 11.7. The van der Waals surface area contributed by atoms with Crippen molar-refractivity contribution in [3.63, 3.8) is 0 Å². The van der Waals surface area contributed by atoms with Gasteiger partial charge < -0.3 is 24.3 Å². The Kier molecular flexibility index (Phi) is 4.74. The summed E-state index contributed by atoms with van der Waals surface area (Å²) in [5, 5.41) is 3.39. The molecule has 0 aromatic heterocycles. The monoisotopic (exact) mass is 267 g/mol. The van der Waals surface area contributed by atoms with E-state index in [0.717, 1.165) is 31.9 Å². The largest absolute Gasteiger partial charge is 0.493 e. The third-order valence-electron chi connectivity index (χ3n) is 3.28. The van der Waals surface area contributed by atoms with Gasteiger partial charge in [0.2, 0.25) is 5.75 Å². The van der Waals surface area contributed by atoms with Crippen LogP contribution in [0.3, 0.4) is 0 Å². The van der Waals surface area contributed by atoms with Crippen molar-refractivity contribution in [2.24, 2.45) is 5.92 Å². The van der Waals surface area contributed by atoms with E-state index in [-0.39, 0.29) is 0 Å². The van der Waals surface area contributed by atoms with Crippen LogP contribution in [0.25, 0.3) is 0 Å². The molecule has 106 valence electrons. The number of hydrogen-bond donors (Lipinski definition) is 1. The van der Waals surface area contributed by atoms with Crippen LogP contribution in [0.1, 0.15) is 6.42 Å². The highest BCUT2D eigenvalue weighted by Crippen LogP contribution is 2.39. The van der Waals surface area contributed by atoms with Crippen LogP contribution in [0.4, 0.5) is 5.69 Å². The van der Waals surface area contributed by atoms with Crippen LogP contribution in [-0.2, 0) is 4.74 Å². The first-order valence-electron chi connectivity index (χ1n) is 6.40. The Morgan fingerprint density at radius 2 is 1.84 bits per heavy atom. The van der Waals surface area contributed by atoms with E-state index in [4.69, 9.17) is 18.9 Å². The summed E-state index contributed by atoms with van der Waals surface area (Å²) in [6.45, 7) is 2.58. The van der Waals surface area contributed by atoms with Crippen LogP contribution in [0, 0.1) is 5.92 Å². The van der Waals surface area contributed by atoms with Crippen molar-refractivity contribution in [1.29, 1.82) is 0 Å². The van der Waals surface area contributed by atoms with Gasteiger partial charge in [0.1, 0.15) is 0 Å². The van der Waals surface area contributed by atoms with Crippen molar-refractivity contribution in [3.8, 4) is 17.2 Å². The summed E-state index contributed by atoms with van der Waals surface area (Å²) in [4.78, 5) is 0. The van der Waals surface area contributed by atoms with Crippen molar-refractivity contribution in [3.05, 3.63) is 12.1 Å². The van der Waals surface area contributed by atoms with Crippen LogP contribution >= 0.6 is 0 Å². The lowest BCUT2D eigenvalue weighted by molar-refractivity contribution is 0.187. The van der Waals surface area contributed by atoms with Crippen molar-refractivity contribution >= 4 is 5.69 Å². The standard InChI is InChI=1S/C14H21NO4/c1-16-12-6-11(7-13(17-2)14(12)18-3)15-8-10-4-5-19-9-10/h6-7,10,15H,4-5,8-9H2,1-3H3. The number of rotatable bonds is 6. The minimum Gasteiger partial charge on any atom is -0.493 e. The molecule has 5 nitrogen and oxygen atoms in total. The van der Waals surface area contributed by atoms with Crippen molar-refractivity contribution in [1.82, 2.24) is 0 Å². The maximum Gasteiger partial charge on any atom is 0.203 e. The maximum atomic E-state index is 5.36. The Morgan fingerprint density at radius 1 is 1.16 bits per heavy atom. The minimum absolute atomic E-state index is 0.569. The van der Waals surface area contributed by atoms with E-state index in [1.807, 2.05) is 12.1 Å². The number of anilines is 1. The Morgan fingerprint density at radius 3 is 2.32 bits per heavy atom. The number of benzene rings is 1. The third kappa shape index (κ3) is 3.23. The second-order valence-corrected chi connectivity index (χ2v) is 4.52. The van der Waals surface area contributed by atoms with Gasteiger partial charge in [-0.1, -0.05) is 0 Å². The normalized spacial score (nSPS) is 18.2. The maximum absolute atomic E-state index is 5.36. The molecule has 2 rings (SSSR count). The summed E-state index contributed by atoms with van der Waals surface area (Å²) in [6.07, 6.45) is 1.11. The van der Waals surface area contributed by atoms with Crippen molar-refractivity contribution < 1.29 is 18.9 Å². The highest BCUT2D eigenvalue weighted by atomic mass is 16.5. The number of ether oxygens (including phenoxy) is 4. The second-order valence-electron chi connectivity index (χ2n) is 4.52. The Labute approximate surface area is 113 Å². The highest BCUT2D eigenvalue weighted by Gasteiger charge is 2.17. The van der Waals surface area contributed by atoms with Crippen LogP contribution in [0.2, 0.25) is 0 Å². The minimum atomic E-state index is 0.569. The fourth-order valence-corrected chi connectivity index (χ4v) is 2.19. The lowest BCUT2D eigenvalue weighted by Crippen LogP contribution is -2.14. The molecular weight excluding hydrogens is 246 g/mol. The molecule has 1 N–H and O–H groups in total. The topological polar surface area (TPSA) is 49.0 Å². The van der Waals surface area contributed by atoms with Gasteiger partial charge in [-0.3, -0.25) is 0 Å². The first kappa shape index (κ1) is 13.8. The molecule has 0 amide bonds. The average Bonchev–Trinajstić information content (AvgIpc) is 2.97. The zero-order valence-electron chi connectivity index (χ0n) is 11.7. The van der Waals surface area contributed by atoms with E-state index >= 15 is 0 Å². The molecule has 1 atom stereocenters. The average molecular weight is 267 g/mol. The summed E-state index contributed by atoms with van der Waals surface area (Å²) in [5.74, 6) is 2.50. The zero-order chi connectivity index (χ0) is 13.7. The molecule has 1 heterocycles. The summed E-state index contributed by atoms with van der Waals surface area (Å²) in [7, 11) is 4.83. The SMILES string of the molecule is COc1cc(NCC2CCOC2)cc(OC)c1OC. The van der Waals surface area contributed by atoms with Crippen LogP contribution in [-0.4, -0.2) is 41.1 Å². The molecular formula is C14H21NO4. The van der Waals surface area contributed by atoms with Crippen molar-refractivity contribution in [2.75, 3.05) is 46.4 Å². The van der Waals surface area contributed by atoms with Crippen LogP contribution in [0.5, 0.6) is 17.2 Å². The predicted octanol–water partition coefficient (Wildman–Crippen LogP) is 2.16.